The summed E-state index contributed by atoms with van der Waals surface area (Å²) in [5.41, 5.74) is 0.975. The van der Waals surface area contributed by atoms with Crippen molar-refractivity contribution in [3.8, 4) is 0 Å². The van der Waals surface area contributed by atoms with Crippen LogP contribution in [0.5, 0.6) is 0 Å². The largest absolute Gasteiger partial charge is 0.481 e. The summed E-state index contributed by atoms with van der Waals surface area (Å²) in [5.74, 6) is -1.05. The Hall–Kier alpha value is -2.21. The molecule has 0 aliphatic carbocycles. The van der Waals surface area contributed by atoms with E-state index in [9.17, 15) is 19.5 Å². The number of carboxylic acid groups (broad SMARTS) is 1. The van der Waals surface area contributed by atoms with Crippen molar-refractivity contribution in [2.45, 2.75) is 26.2 Å². The van der Waals surface area contributed by atoms with E-state index in [0.717, 1.165) is 32.4 Å². The highest BCUT2D eigenvalue weighted by atomic mass is 16.4. The van der Waals surface area contributed by atoms with E-state index in [1.54, 1.807) is 24.3 Å². The van der Waals surface area contributed by atoms with Crippen LogP contribution in [0.25, 0.3) is 0 Å². The zero-order valence-electron chi connectivity index (χ0n) is 14.5. The van der Waals surface area contributed by atoms with Gasteiger partial charge in [0.15, 0.2) is 0 Å². The van der Waals surface area contributed by atoms with Gasteiger partial charge in [-0.05, 0) is 43.9 Å². The fraction of sp³-hybridized carbons (Fsp3) is 0.526. The standard InChI is InChI=1S/C19H24N2O4/c1-13-10-14(19(24)25)12-20(11-13)8-4-5-9-21-17(22)15-6-2-3-7-16(15)18(21)23/h2-3,6-7,13-14H,4-5,8-12H2,1H3,(H,24,25). The third kappa shape index (κ3) is 3.74. The Labute approximate surface area is 147 Å². The van der Waals surface area contributed by atoms with Crippen LogP contribution in [0.2, 0.25) is 0 Å². The number of hydrogen-bond donors (Lipinski definition) is 1. The van der Waals surface area contributed by atoms with E-state index in [2.05, 4.69) is 11.8 Å². The molecule has 1 fully saturated rings. The lowest BCUT2D eigenvalue weighted by atomic mass is 9.90. The summed E-state index contributed by atoms with van der Waals surface area (Å²) in [7, 11) is 0. The van der Waals surface area contributed by atoms with Crippen LogP contribution >= 0.6 is 0 Å². The van der Waals surface area contributed by atoms with Gasteiger partial charge in [0.1, 0.15) is 0 Å². The molecule has 25 heavy (non-hydrogen) atoms. The molecular formula is C19H24N2O4. The van der Waals surface area contributed by atoms with Gasteiger partial charge in [-0.15, -0.1) is 0 Å². The summed E-state index contributed by atoms with van der Waals surface area (Å²) in [5, 5.41) is 9.22. The Balaban J connectivity index is 1.47. The Morgan fingerprint density at radius 1 is 1.08 bits per heavy atom. The second-order valence-corrected chi connectivity index (χ2v) is 7.15. The molecule has 1 saturated heterocycles. The van der Waals surface area contributed by atoms with Gasteiger partial charge >= 0.3 is 5.97 Å². The number of imide groups is 1. The lowest BCUT2D eigenvalue weighted by Crippen LogP contribution is -2.43. The Kier molecular flexibility index (Phi) is 5.18. The van der Waals surface area contributed by atoms with Crippen molar-refractivity contribution < 1.29 is 19.5 Å². The molecule has 134 valence electrons. The van der Waals surface area contributed by atoms with Crippen LogP contribution in [0.4, 0.5) is 0 Å². The number of nitrogens with zero attached hydrogens (tertiary/aromatic N) is 2. The summed E-state index contributed by atoms with van der Waals surface area (Å²) >= 11 is 0. The first-order valence-corrected chi connectivity index (χ1v) is 8.87. The Morgan fingerprint density at radius 3 is 2.28 bits per heavy atom. The topological polar surface area (TPSA) is 77.9 Å². The summed E-state index contributed by atoms with van der Waals surface area (Å²) < 4.78 is 0. The molecule has 1 aromatic carbocycles. The summed E-state index contributed by atoms with van der Waals surface area (Å²) in [6.45, 7) is 4.81. The minimum Gasteiger partial charge on any atom is -0.481 e. The first kappa shape index (κ1) is 17.6. The van der Waals surface area contributed by atoms with Gasteiger partial charge in [-0.1, -0.05) is 19.1 Å². The van der Waals surface area contributed by atoms with Gasteiger partial charge in [-0.3, -0.25) is 19.3 Å². The molecule has 2 aliphatic rings. The lowest BCUT2D eigenvalue weighted by Gasteiger charge is -2.34. The van der Waals surface area contributed by atoms with Gasteiger partial charge in [-0.2, -0.15) is 0 Å². The number of likely N-dealkylation sites (tertiary alicyclic amines) is 1. The zero-order valence-corrected chi connectivity index (χ0v) is 14.5. The molecule has 0 bridgehead atoms. The van der Waals surface area contributed by atoms with Gasteiger partial charge in [0.25, 0.3) is 11.8 Å². The van der Waals surface area contributed by atoms with Crippen molar-refractivity contribution in [3.05, 3.63) is 35.4 Å². The number of rotatable bonds is 6. The van der Waals surface area contributed by atoms with Crippen molar-refractivity contribution in [1.82, 2.24) is 9.80 Å². The van der Waals surface area contributed by atoms with E-state index in [0.29, 0.717) is 30.1 Å². The number of unbranched alkanes of at least 4 members (excludes halogenated alkanes) is 1. The van der Waals surface area contributed by atoms with Gasteiger partial charge < -0.3 is 10.0 Å². The minimum absolute atomic E-state index is 0.210. The Bertz CT molecular complexity index is 653. The van der Waals surface area contributed by atoms with Crippen LogP contribution in [-0.2, 0) is 4.79 Å². The summed E-state index contributed by atoms with van der Waals surface area (Å²) in [6, 6.07) is 6.92. The van der Waals surface area contributed by atoms with E-state index < -0.39 is 5.97 Å². The number of amides is 2. The fourth-order valence-electron chi connectivity index (χ4n) is 3.87. The van der Waals surface area contributed by atoms with Gasteiger partial charge in [0.05, 0.1) is 17.0 Å². The SMILES string of the molecule is CC1CC(C(=O)O)CN(CCCCN2C(=O)c3ccccc3C2=O)C1. The van der Waals surface area contributed by atoms with Crippen molar-refractivity contribution in [2.75, 3.05) is 26.2 Å². The van der Waals surface area contributed by atoms with Crippen molar-refractivity contribution >= 4 is 17.8 Å². The van der Waals surface area contributed by atoms with Crippen LogP contribution in [0.15, 0.2) is 24.3 Å². The molecule has 6 nitrogen and oxygen atoms in total. The fourth-order valence-corrected chi connectivity index (χ4v) is 3.87. The molecule has 2 unspecified atom stereocenters. The molecule has 2 amide bonds. The maximum atomic E-state index is 12.3. The molecule has 1 aromatic rings. The van der Waals surface area contributed by atoms with E-state index in [4.69, 9.17) is 0 Å². The van der Waals surface area contributed by atoms with Gasteiger partial charge in [0.2, 0.25) is 0 Å². The molecule has 0 spiro atoms. The average molecular weight is 344 g/mol. The van der Waals surface area contributed by atoms with Crippen molar-refractivity contribution in [2.24, 2.45) is 11.8 Å². The predicted octanol–water partition coefficient (Wildman–Crippen LogP) is 2.11. The average Bonchev–Trinajstić information content (AvgIpc) is 2.83. The highest BCUT2D eigenvalue weighted by molar-refractivity contribution is 6.21. The monoisotopic (exact) mass is 344 g/mol. The van der Waals surface area contributed by atoms with Crippen molar-refractivity contribution in [3.63, 3.8) is 0 Å². The van der Waals surface area contributed by atoms with Crippen LogP contribution < -0.4 is 0 Å². The highest BCUT2D eigenvalue weighted by Crippen LogP contribution is 2.24. The second kappa shape index (κ2) is 7.35. The normalized spacial score (nSPS) is 23.8. The first-order valence-electron chi connectivity index (χ1n) is 8.87. The van der Waals surface area contributed by atoms with Crippen LogP contribution in [0.3, 0.4) is 0 Å². The number of piperidine rings is 1. The maximum Gasteiger partial charge on any atom is 0.307 e. The number of fused-ring (bicyclic) bond motifs is 1. The molecule has 2 heterocycles. The van der Waals surface area contributed by atoms with Gasteiger partial charge in [0, 0.05) is 19.6 Å². The number of hydrogen-bond acceptors (Lipinski definition) is 4. The third-order valence-corrected chi connectivity index (χ3v) is 5.07. The molecule has 2 aliphatic heterocycles. The van der Waals surface area contributed by atoms with Crippen molar-refractivity contribution in [1.29, 1.82) is 0 Å². The van der Waals surface area contributed by atoms with E-state index in [-0.39, 0.29) is 17.7 Å². The molecule has 1 N–H and O–H groups in total. The van der Waals surface area contributed by atoms with Crippen LogP contribution in [0, 0.1) is 11.8 Å². The third-order valence-electron chi connectivity index (χ3n) is 5.07. The highest BCUT2D eigenvalue weighted by Gasteiger charge is 2.34. The minimum atomic E-state index is -0.720. The zero-order chi connectivity index (χ0) is 18.0. The molecule has 0 aromatic heterocycles. The van der Waals surface area contributed by atoms with E-state index in [1.807, 2.05) is 0 Å². The second-order valence-electron chi connectivity index (χ2n) is 7.15. The van der Waals surface area contributed by atoms with Crippen LogP contribution in [0.1, 0.15) is 46.9 Å². The lowest BCUT2D eigenvalue weighted by molar-refractivity contribution is -0.144. The molecule has 0 radical (unpaired) electrons. The molecule has 6 heteroatoms. The maximum absolute atomic E-state index is 12.3. The number of carbonyl (C=O) groups excluding carboxylic acids is 2. The molecule has 3 rings (SSSR count). The van der Waals surface area contributed by atoms with E-state index >= 15 is 0 Å². The predicted molar refractivity (Wildman–Crippen MR) is 92.4 cm³/mol. The van der Waals surface area contributed by atoms with Crippen LogP contribution in [-0.4, -0.2) is 58.9 Å². The summed E-state index contributed by atoms with van der Waals surface area (Å²) in [4.78, 5) is 39.3. The number of aliphatic carboxylic acids is 1. The Morgan fingerprint density at radius 2 is 1.68 bits per heavy atom. The summed E-state index contributed by atoms with van der Waals surface area (Å²) in [6.07, 6.45) is 2.31. The smallest absolute Gasteiger partial charge is 0.307 e. The number of carboxylic acids is 1. The molecule has 2 atom stereocenters. The van der Waals surface area contributed by atoms with Gasteiger partial charge in [-0.25, -0.2) is 0 Å². The van der Waals surface area contributed by atoms with E-state index in [1.165, 1.54) is 4.90 Å². The number of benzene rings is 1. The quantitative estimate of drug-likeness (QED) is 0.632. The molecular weight excluding hydrogens is 320 g/mol. The first-order chi connectivity index (χ1) is 12.0. The number of carbonyl (C=O) groups is 3. The molecule has 0 saturated carbocycles.